The molecule has 1 N–H and O–H groups in total. The molecule has 0 amide bonds. The maximum atomic E-state index is 15.5. The molecule has 0 atom stereocenters. The number of unbranched alkanes of at least 4 members (excludes halogenated alkanes) is 1. The van der Waals surface area contributed by atoms with Crippen molar-refractivity contribution in [3.63, 3.8) is 0 Å². The highest BCUT2D eigenvalue weighted by Crippen LogP contribution is 2.47. The van der Waals surface area contributed by atoms with Gasteiger partial charge in [-0.3, -0.25) is 0 Å². The standard InChI is InChI=1S/C24H20FN3S2/c1-2-3-14-28-22-20(16-27)19(15-26)21(25)23(29-17-10-6-4-7-11-17)24(22)30-18-12-8-5-9-13-18/h4-13,28H,2-3,14H2,1H3. The van der Waals surface area contributed by atoms with E-state index in [4.69, 9.17) is 0 Å². The second-order valence-electron chi connectivity index (χ2n) is 6.43. The second kappa shape index (κ2) is 10.7. The van der Waals surface area contributed by atoms with Crippen LogP contribution in [0.25, 0.3) is 0 Å². The Morgan fingerprint density at radius 1 is 0.833 bits per heavy atom. The van der Waals surface area contributed by atoms with Crippen LogP contribution in [0.4, 0.5) is 10.1 Å². The van der Waals surface area contributed by atoms with E-state index in [9.17, 15) is 10.5 Å². The van der Waals surface area contributed by atoms with Gasteiger partial charge in [0.2, 0.25) is 0 Å². The number of rotatable bonds is 8. The van der Waals surface area contributed by atoms with Gasteiger partial charge in [-0.15, -0.1) is 0 Å². The Labute approximate surface area is 184 Å². The van der Waals surface area contributed by atoms with Crippen molar-refractivity contribution in [2.75, 3.05) is 11.9 Å². The van der Waals surface area contributed by atoms with E-state index in [2.05, 4.69) is 18.3 Å². The van der Waals surface area contributed by atoms with Crippen molar-refractivity contribution in [3.8, 4) is 12.1 Å². The van der Waals surface area contributed by atoms with Gasteiger partial charge in [-0.25, -0.2) is 4.39 Å². The van der Waals surface area contributed by atoms with Crippen LogP contribution < -0.4 is 5.32 Å². The van der Waals surface area contributed by atoms with Gasteiger partial charge in [-0.1, -0.05) is 73.3 Å². The Bertz CT molecular complexity index is 1090. The number of benzene rings is 3. The van der Waals surface area contributed by atoms with Gasteiger partial charge in [0.25, 0.3) is 0 Å². The monoisotopic (exact) mass is 433 g/mol. The Hall–Kier alpha value is -2.93. The summed E-state index contributed by atoms with van der Waals surface area (Å²) in [5.41, 5.74) is 0.366. The Balaban J connectivity index is 2.22. The summed E-state index contributed by atoms with van der Waals surface area (Å²) in [4.78, 5) is 2.77. The van der Waals surface area contributed by atoms with Gasteiger partial charge in [-0.2, -0.15) is 10.5 Å². The lowest BCUT2D eigenvalue weighted by molar-refractivity contribution is 0.590. The average molecular weight is 434 g/mol. The van der Waals surface area contributed by atoms with E-state index >= 15 is 4.39 Å². The summed E-state index contributed by atoms with van der Waals surface area (Å²) in [6.45, 7) is 2.72. The van der Waals surface area contributed by atoms with Crippen LogP contribution >= 0.6 is 23.5 Å². The molecule has 0 aliphatic carbocycles. The average Bonchev–Trinajstić information content (AvgIpc) is 2.78. The molecule has 3 aromatic rings. The van der Waals surface area contributed by atoms with Crippen molar-refractivity contribution >= 4 is 29.2 Å². The van der Waals surface area contributed by atoms with Gasteiger partial charge in [0.05, 0.1) is 21.0 Å². The normalized spacial score (nSPS) is 10.3. The van der Waals surface area contributed by atoms with Gasteiger partial charge in [0, 0.05) is 16.3 Å². The molecule has 0 aliphatic heterocycles. The maximum Gasteiger partial charge on any atom is 0.157 e. The zero-order valence-electron chi connectivity index (χ0n) is 16.5. The number of nitrogens with zero attached hydrogens (tertiary/aromatic N) is 2. The molecule has 0 spiro atoms. The fraction of sp³-hybridized carbons (Fsp3) is 0.167. The quantitative estimate of drug-likeness (QED) is 0.385. The summed E-state index contributed by atoms with van der Waals surface area (Å²) in [6.07, 6.45) is 1.88. The molecule has 3 aromatic carbocycles. The molecule has 30 heavy (non-hydrogen) atoms. The van der Waals surface area contributed by atoms with Crippen LogP contribution in [0, 0.1) is 28.5 Å². The van der Waals surface area contributed by atoms with Gasteiger partial charge < -0.3 is 5.32 Å². The van der Waals surface area contributed by atoms with E-state index in [0.29, 0.717) is 22.0 Å². The summed E-state index contributed by atoms with van der Waals surface area (Å²) in [7, 11) is 0. The molecule has 0 radical (unpaired) electrons. The number of halogens is 1. The van der Waals surface area contributed by atoms with Crippen molar-refractivity contribution in [2.45, 2.75) is 39.3 Å². The highest BCUT2D eigenvalue weighted by atomic mass is 32.2. The lowest BCUT2D eigenvalue weighted by Gasteiger charge is -2.19. The first kappa shape index (κ1) is 21.8. The van der Waals surface area contributed by atoms with Gasteiger partial charge in [-0.05, 0) is 30.7 Å². The van der Waals surface area contributed by atoms with E-state index in [1.54, 1.807) is 0 Å². The number of hydrogen-bond donors (Lipinski definition) is 1. The minimum atomic E-state index is -0.651. The van der Waals surface area contributed by atoms with E-state index in [0.717, 1.165) is 22.6 Å². The maximum absolute atomic E-state index is 15.5. The summed E-state index contributed by atoms with van der Waals surface area (Å²) in [5.74, 6) is -0.651. The van der Waals surface area contributed by atoms with Gasteiger partial charge in [0.1, 0.15) is 17.7 Å². The van der Waals surface area contributed by atoms with Gasteiger partial charge in [0.15, 0.2) is 5.82 Å². The van der Waals surface area contributed by atoms with Crippen LogP contribution in [-0.2, 0) is 0 Å². The highest BCUT2D eigenvalue weighted by molar-refractivity contribution is 8.02. The predicted molar refractivity (Wildman–Crippen MR) is 120 cm³/mol. The van der Waals surface area contributed by atoms with Crippen molar-refractivity contribution < 1.29 is 4.39 Å². The summed E-state index contributed by atoms with van der Waals surface area (Å²) in [6, 6.07) is 23.1. The van der Waals surface area contributed by atoms with Crippen LogP contribution in [0.3, 0.4) is 0 Å². The molecule has 0 aliphatic rings. The Kier molecular flexibility index (Phi) is 7.79. The molecule has 6 heteroatoms. The van der Waals surface area contributed by atoms with Crippen LogP contribution in [0.15, 0.2) is 80.2 Å². The van der Waals surface area contributed by atoms with E-state index in [1.807, 2.05) is 66.7 Å². The van der Waals surface area contributed by atoms with E-state index < -0.39 is 5.82 Å². The fourth-order valence-electron chi connectivity index (χ4n) is 2.85. The molecule has 0 aromatic heterocycles. The molecule has 0 saturated carbocycles. The molecule has 3 rings (SSSR count). The zero-order valence-corrected chi connectivity index (χ0v) is 18.1. The van der Waals surface area contributed by atoms with Crippen molar-refractivity contribution in [3.05, 3.63) is 77.6 Å². The molecule has 0 bridgehead atoms. The lowest BCUT2D eigenvalue weighted by Crippen LogP contribution is -2.08. The summed E-state index contributed by atoms with van der Waals surface area (Å²) >= 11 is 2.66. The first-order valence-electron chi connectivity index (χ1n) is 9.58. The first-order chi connectivity index (χ1) is 14.7. The molecular formula is C24H20FN3S2. The van der Waals surface area contributed by atoms with Crippen LogP contribution in [-0.4, -0.2) is 6.54 Å². The van der Waals surface area contributed by atoms with Crippen LogP contribution in [0.2, 0.25) is 0 Å². The van der Waals surface area contributed by atoms with Crippen molar-refractivity contribution in [1.82, 2.24) is 0 Å². The minimum absolute atomic E-state index is 0.0574. The lowest BCUT2D eigenvalue weighted by atomic mass is 10.1. The van der Waals surface area contributed by atoms with E-state index in [-0.39, 0.29) is 11.1 Å². The zero-order chi connectivity index (χ0) is 21.3. The van der Waals surface area contributed by atoms with Crippen LogP contribution in [0.1, 0.15) is 30.9 Å². The second-order valence-corrected chi connectivity index (χ2v) is 8.60. The first-order valence-corrected chi connectivity index (χ1v) is 11.2. The molecule has 150 valence electrons. The third-order valence-electron chi connectivity index (χ3n) is 4.33. The smallest absolute Gasteiger partial charge is 0.157 e. The van der Waals surface area contributed by atoms with E-state index in [1.165, 1.54) is 23.5 Å². The predicted octanol–water partition coefficient (Wildman–Crippen LogP) is 7.08. The minimum Gasteiger partial charge on any atom is -0.383 e. The Morgan fingerprint density at radius 2 is 1.37 bits per heavy atom. The molecule has 0 fully saturated rings. The highest BCUT2D eigenvalue weighted by Gasteiger charge is 2.26. The molecule has 3 nitrogen and oxygen atoms in total. The third-order valence-corrected chi connectivity index (χ3v) is 6.68. The number of hydrogen-bond acceptors (Lipinski definition) is 5. The molecule has 0 unspecified atom stereocenters. The summed E-state index contributed by atoms with van der Waals surface area (Å²) in [5, 5.41) is 22.7. The topological polar surface area (TPSA) is 59.6 Å². The third kappa shape index (κ3) is 4.97. The molecule has 0 heterocycles. The van der Waals surface area contributed by atoms with Crippen molar-refractivity contribution in [2.24, 2.45) is 0 Å². The number of nitriles is 2. The largest absolute Gasteiger partial charge is 0.383 e. The van der Waals surface area contributed by atoms with Gasteiger partial charge >= 0.3 is 0 Å². The van der Waals surface area contributed by atoms with Crippen LogP contribution in [0.5, 0.6) is 0 Å². The number of anilines is 1. The van der Waals surface area contributed by atoms with Crippen molar-refractivity contribution in [1.29, 1.82) is 10.5 Å². The number of nitrogens with one attached hydrogen (secondary N) is 1. The summed E-state index contributed by atoms with van der Waals surface area (Å²) < 4.78 is 15.5. The molecule has 0 saturated heterocycles. The Morgan fingerprint density at radius 3 is 1.87 bits per heavy atom. The SMILES string of the molecule is CCCCNc1c(C#N)c(C#N)c(F)c(Sc2ccccc2)c1Sc1ccccc1. The molecular weight excluding hydrogens is 413 g/mol. The fourth-order valence-corrected chi connectivity index (χ4v) is 5.00.